The van der Waals surface area contributed by atoms with Gasteiger partial charge in [0.1, 0.15) is 12.1 Å². The van der Waals surface area contributed by atoms with Gasteiger partial charge in [-0.2, -0.15) is 5.26 Å². The maximum atomic E-state index is 11.3. The lowest BCUT2D eigenvalue weighted by Crippen LogP contribution is -2.56. The molecule has 1 saturated heterocycles. The van der Waals surface area contributed by atoms with Gasteiger partial charge in [-0.3, -0.25) is 9.69 Å². The van der Waals surface area contributed by atoms with E-state index in [0.717, 1.165) is 6.54 Å². The first kappa shape index (κ1) is 11.0. The van der Waals surface area contributed by atoms with Crippen molar-refractivity contribution in [3.8, 4) is 6.07 Å². The molecule has 0 aromatic heterocycles. The molecule has 1 N–H and O–H groups in total. The van der Waals surface area contributed by atoms with E-state index < -0.39 is 0 Å². The van der Waals surface area contributed by atoms with Gasteiger partial charge in [-0.15, -0.1) is 0 Å². The summed E-state index contributed by atoms with van der Waals surface area (Å²) in [5.41, 5.74) is 0. The zero-order valence-corrected chi connectivity index (χ0v) is 8.49. The van der Waals surface area contributed by atoms with Crippen molar-refractivity contribution in [2.24, 2.45) is 0 Å². The molecule has 1 aliphatic heterocycles. The number of piperazine rings is 1. The van der Waals surface area contributed by atoms with Crippen molar-refractivity contribution in [1.82, 2.24) is 10.2 Å². The van der Waals surface area contributed by atoms with E-state index in [9.17, 15) is 4.79 Å². The second kappa shape index (κ2) is 4.94. The number of hydrogen-bond acceptors (Lipinski definition) is 5. The molecule has 1 heterocycles. The fraction of sp³-hybridized carbons (Fsp3) is 0.778. The summed E-state index contributed by atoms with van der Waals surface area (Å²) in [4.78, 5) is 13.1. The first-order chi connectivity index (χ1) is 6.70. The van der Waals surface area contributed by atoms with Crippen LogP contribution in [-0.2, 0) is 9.53 Å². The van der Waals surface area contributed by atoms with Crippen LogP contribution in [0.4, 0.5) is 0 Å². The Bertz CT molecular complexity index is 249. The maximum Gasteiger partial charge on any atom is 0.322 e. The maximum absolute atomic E-state index is 11.3. The molecular formula is C9H15N3O2. The number of methoxy groups -OCH3 is 1. The van der Waals surface area contributed by atoms with Crippen molar-refractivity contribution < 1.29 is 9.53 Å². The Morgan fingerprint density at radius 3 is 3.07 bits per heavy atom. The molecule has 2 atom stereocenters. The predicted molar refractivity (Wildman–Crippen MR) is 50.5 cm³/mol. The van der Waals surface area contributed by atoms with E-state index in [0.29, 0.717) is 13.1 Å². The largest absolute Gasteiger partial charge is 0.468 e. The normalized spacial score (nSPS) is 25.1. The molecule has 0 aliphatic carbocycles. The van der Waals surface area contributed by atoms with E-state index in [4.69, 9.17) is 5.26 Å². The SMILES string of the molecule is COC(=O)C(C)N1CCNCC1C#N. The molecule has 0 radical (unpaired) electrons. The second-order valence-corrected chi connectivity index (χ2v) is 3.29. The minimum absolute atomic E-state index is 0.238. The number of rotatable bonds is 2. The molecule has 0 bridgehead atoms. The van der Waals surface area contributed by atoms with Crippen LogP contribution in [-0.4, -0.2) is 49.7 Å². The number of carbonyl (C=O) groups excluding carboxylic acids is 1. The summed E-state index contributed by atoms with van der Waals surface area (Å²) in [7, 11) is 1.36. The minimum atomic E-state index is -0.341. The van der Waals surface area contributed by atoms with E-state index in [2.05, 4.69) is 16.1 Å². The molecule has 0 aromatic rings. The number of carbonyl (C=O) groups is 1. The highest BCUT2D eigenvalue weighted by atomic mass is 16.5. The number of nitriles is 1. The number of nitrogens with one attached hydrogen (secondary N) is 1. The lowest BCUT2D eigenvalue weighted by atomic mass is 10.1. The molecule has 1 aliphatic rings. The highest BCUT2D eigenvalue weighted by molar-refractivity contribution is 5.75. The molecule has 1 rings (SSSR count). The van der Waals surface area contributed by atoms with Gasteiger partial charge in [0.15, 0.2) is 0 Å². The van der Waals surface area contributed by atoms with Gasteiger partial charge in [0, 0.05) is 19.6 Å². The molecule has 0 amide bonds. The molecule has 5 heteroatoms. The van der Waals surface area contributed by atoms with Crippen LogP contribution < -0.4 is 5.32 Å². The van der Waals surface area contributed by atoms with E-state index >= 15 is 0 Å². The molecule has 2 unspecified atom stereocenters. The molecule has 78 valence electrons. The van der Waals surface area contributed by atoms with Gasteiger partial charge in [0.25, 0.3) is 0 Å². The molecule has 0 aromatic carbocycles. The molecular weight excluding hydrogens is 182 g/mol. The fourth-order valence-electron chi connectivity index (χ4n) is 1.61. The Labute approximate surface area is 83.6 Å². The molecule has 14 heavy (non-hydrogen) atoms. The van der Waals surface area contributed by atoms with Gasteiger partial charge in [-0.05, 0) is 6.92 Å². The summed E-state index contributed by atoms with van der Waals surface area (Å²) >= 11 is 0. The Morgan fingerprint density at radius 2 is 2.50 bits per heavy atom. The van der Waals surface area contributed by atoms with Crippen LogP contribution in [0, 0.1) is 11.3 Å². The lowest BCUT2D eigenvalue weighted by molar-refractivity contribution is -0.147. The smallest absolute Gasteiger partial charge is 0.322 e. The quantitative estimate of drug-likeness (QED) is 0.596. The van der Waals surface area contributed by atoms with Crippen LogP contribution in [0.25, 0.3) is 0 Å². The highest BCUT2D eigenvalue weighted by Gasteiger charge is 2.30. The van der Waals surface area contributed by atoms with Crippen LogP contribution in [0.3, 0.4) is 0 Å². The van der Waals surface area contributed by atoms with Gasteiger partial charge in [0.05, 0.1) is 13.2 Å². The summed E-state index contributed by atoms with van der Waals surface area (Å²) in [5.74, 6) is -0.285. The summed E-state index contributed by atoms with van der Waals surface area (Å²) < 4.78 is 4.65. The molecule has 0 spiro atoms. The second-order valence-electron chi connectivity index (χ2n) is 3.29. The first-order valence-corrected chi connectivity index (χ1v) is 4.64. The highest BCUT2D eigenvalue weighted by Crippen LogP contribution is 2.08. The third kappa shape index (κ3) is 2.22. The number of hydrogen-bond donors (Lipinski definition) is 1. The van der Waals surface area contributed by atoms with Crippen LogP contribution >= 0.6 is 0 Å². The Morgan fingerprint density at radius 1 is 1.79 bits per heavy atom. The Kier molecular flexibility index (Phi) is 3.86. The molecule has 1 fully saturated rings. The Balaban J connectivity index is 2.64. The lowest BCUT2D eigenvalue weighted by Gasteiger charge is -2.34. The van der Waals surface area contributed by atoms with E-state index in [1.165, 1.54) is 7.11 Å². The molecule has 5 nitrogen and oxygen atoms in total. The summed E-state index contributed by atoms with van der Waals surface area (Å²) in [6, 6.07) is 1.59. The van der Waals surface area contributed by atoms with Crippen molar-refractivity contribution in [2.45, 2.75) is 19.0 Å². The van der Waals surface area contributed by atoms with Crippen molar-refractivity contribution in [3.05, 3.63) is 0 Å². The first-order valence-electron chi connectivity index (χ1n) is 4.64. The Hall–Kier alpha value is -1.12. The van der Waals surface area contributed by atoms with Gasteiger partial charge < -0.3 is 10.1 Å². The van der Waals surface area contributed by atoms with E-state index in [-0.39, 0.29) is 18.1 Å². The predicted octanol–water partition coefficient (Wildman–Crippen LogP) is -0.655. The average molecular weight is 197 g/mol. The van der Waals surface area contributed by atoms with Gasteiger partial charge in [-0.25, -0.2) is 0 Å². The van der Waals surface area contributed by atoms with Crippen LogP contribution in [0.5, 0.6) is 0 Å². The van der Waals surface area contributed by atoms with Gasteiger partial charge >= 0.3 is 5.97 Å². The van der Waals surface area contributed by atoms with Crippen LogP contribution in [0.2, 0.25) is 0 Å². The topological polar surface area (TPSA) is 65.4 Å². The third-order valence-corrected chi connectivity index (χ3v) is 2.47. The average Bonchev–Trinajstić information content (AvgIpc) is 2.26. The number of nitrogens with zero attached hydrogens (tertiary/aromatic N) is 2. The fourth-order valence-corrected chi connectivity index (χ4v) is 1.61. The third-order valence-electron chi connectivity index (χ3n) is 2.47. The molecule has 0 saturated carbocycles. The van der Waals surface area contributed by atoms with Gasteiger partial charge in [0.2, 0.25) is 0 Å². The standard InChI is InChI=1S/C9H15N3O2/c1-7(9(13)14-2)12-4-3-11-6-8(12)5-10/h7-8,11H,3-4,6H2,1-2H3. The monoisotopic (exact) mass is 197 g/mol. The van der Waals surface area contributed by atoms with Crippen molar-refractivity contribution >= 4 is 5.97 Å². The van der Waals surface area contributed by atoms with Crippen molar-refractivity contribution in [2.75, 3.05) is 26.7 Å². The zero-order chi connectivity index (χ0) is 10.6. The zero-order valence-electron chi connectivity index (χ0n) is 8.49. The minimum Gasteiger partial charge on any atom is -0.468 e. The van der Waals surface area contributed by atoms with Crippen LogP contribution in [0.1, 0.15) is 6.92 Å². The summed E-state index contributed by atoms with van der Waals surface area (Å²) in [5, 5.41) is 12.0. The van der Waals surface area contributed by atoms with Crippen molar-refractivity contribution in [1.29, 1.82) is 5.26 Å². The summed E-state index contributed by atoms with van der Waals surface area (Å²) in [6.07, 6.45) is 0. The van der Waals surface area contributed by atoms with Gasteiger partial charge in [-0.1, -0.05) is 0 Å². The van der Waals surface area contributed by atoms with Crippen molar-refractivity contribution in [3.63, 3.8) is 0 Å². The van der Waals surface area contributed by atoms with Crippen LogP contribution in [0.15, 0.2) is 0 Å². The summed E-state index contributed by atoms with van der Waals surface area (Å²) in [6.45, 7) is 3.88. The number of ether oxygens (including phenoxy) is 1. The number of esters is 1. The van der Waals surface area contributed by atoms with E-state index in [1.54, 1.807) is 6.92 Å². The van der Waals surface area contributed by atoms with E-state index in [1.807, 2.05) is 4.90 Å².